The maximum Gasteiger partial charge on any atom is 0.306 e. The van der Waals surface area contributed by atoms with E-state index in [-0.39, 0.29) is 19.4 Å². The first-order valence-corrected chi connectivity index (χ1v) is 14.4. The molecule has 0 saturated carbocycles. The van der Waals surface area contributed by atoms with Gasteiger partial charge in [-0.3, -0.25) is 9.59 Å². The highest BCUT2D eigenvalue weighted by Crippen LogP contribution is 2.09. The number of allylic oxidation sites excluding steroid dienone is 23. The van der Waals surface area contributed by atoms with Crippen molar-refractivity contribution in [3.8, 4) is 0 Å². The highest BCUT2D eigenvalue weighted by molar-refractivity contribution is 5.76. The van der Waals surface area contributed by atoms with Crippen LogP contribution in [0.4, 0.5) is 0 Å². The smallest absolute Gasteiger partial charge is 0.306 e. The molecule has 0 fully saturated rings. The van der Waals surface area contributed by atoms with Gasteiger partial charge in [-0.05, 0) is 66.9 Å². The number of aliphatic carboxylic acids is 1. The van der Waals surface area contributed by atoms with Crippen molar-refractivity contribution in [1.29, 1.82) is 0 Å². The first kappa shape index (κ1) is 37.8. The monoisotopic (exact) mass is 570 g/mol. The lowest BCUT2D eigenvalue weighted by Gasteiger charge is -2.04. The second kappa shape index (κ2) is 24.6. The van der Waals surface area contributed by atoms with Crippen molar-refractivity contribution in [3.63, 3.8) is 0 Å². The predicted octanol–water partition coefficient (Wildman–Crippen LogP) is 10.2. The minimum absolute atomic E-state index is 0.0981. The Labute approximate surface area is 254 Å². The Morgan fingerprint density at radius 2 is 1.05 bits per heavy atom. The molecule has 0 bridgehead atoms. The van der Waals surface area contributed by atoms with Crippen LogP contribution in [0.25, 0.3) is 0 Å². The van der Waals surface area contributed by atoms with Gasteiger partial charge in [0.25, 0.3) is 0 Å². The minimum Gasteiger partial charge on any atom is -0.481 e. The topological polar surface area (TPSA) is 63.6 Å². The molecule has 0 aliphatic rings. The molecule has 0 amide bonds. The second-order valence-electron chi connectivity index (χ2n) is 10.1. The van der Waals surface area contributed by atoms with Gasteiger partial charge in [-0.15, -0.1) is 0 Å². The quantitative estimate of drug-likeness (QED) is 0.101. The van der Waals surface area contributed by atoms with E-state index in [1.165, 1.54) is 22.3 Å². The molecule has 0 aromatic rings. The van der Waals surface area contributed by atoms with Crippen molar-refractivity contribution in [2.75, 3.05) is 6.61 Å². The van der Waals surface area contributed by atoms with Gasteiger partial charge in [0.1, 0.15) is 6.61 Å². The van der Waals surface area contributed by atoms with Crippen molar-refractivity contribution < 1.29 is 19.4 Å². The predicted molar refractivity (Wildman–Crippen MR) is 180 cm³/mol. The molecule has 0 radical (unpaired) electrons. The Morgan fingerprint density at radius 1 is 0.571 bits per heavy atom. The van der Waals surface area contributed by atoms with Crippen molar-refractivity contribution in [1.82, 2.24) is 0 Å². The number of carboxylic acids is 1. The van der Waals surface area contributed by atoms with Gasteiger partial charge in [0.05, 0.1) is 12.8 Å². The molecule has 0 heterocycles. The lowest BCUT2D eigenvalue weighted by atomic mass is 10.1. The number of esters is 1. The van der Waals surface area contributed by atoms with Crippen LogP contribution in [0.15, 0.2) is 143 Å². The molecule has 0 saturated heterocycles. The van der Waals surface area contributed by atoms with Crippen LogP contribution in [0, 0.1) is 0 Å². The second-order valence-corrected chi connectivity index (χ2v) is 10.1. The normalized spacial score (nSPS) is 15.1. The molecule has 0 unspecified atom stereocenters. The van der Waals surface area contributed by atoms with Gasteiger partial charge in [0, 0.05) is 0 Å². The van der Waals surface area contributed by atoms with E-state index in [4.69, 9.17) is 9.84 Å². The summed E-state index contributed by atoms with van der Waals surface area (Å²) in [7, 11) is 0. The van der Waals surface area contributed by atoms with Crippen molar-refractivity contribution in [3.05, 3.63) is 143 Å². The van der Waals surface area contributed by atoms with Crippen LogP contribution in [-0.4, -0.2) is 23.7 Å². The van der Waals surface area contributed by atoms with E-state index < -0.39 is 11.9 Å². The molecule has 42 heavy (non-hydrogen) atoms. The molecule has 0 atom stereocenters. The van der Waals surface area contributed by atoms with Crippen LogP contribution >= 0.6 is 0 Å². The molecule has 0 aromatic heterocycles. The highest BCUT2D eigenvalue weighted by atomic mass is 16.5. The molecular weight excluding hydrogens is 520 g/mol. The first-order valence-electron chi connectivity index (χ1n) is 14.4. The van der Waals surface area contributed by atoms with Crippen LogP contribution in [0.3, 0.4) is 0 Å². The van der Waals surface area contributed by atoms with Gasteiger partial charge in [0.15, 0.2) is 0 Å². The van der Waals surface area contributed by atoms with Crippen molar-refractivity contribution >= 4 is 11.9 Å². The molecule has 4 heteroatoms. The zero-order chi connectivity index (χ0) is 31.6. The van der Waals surface area contributed by atoms with Gasteiger partial charge in [0.2, 0.25) is 0 Å². The fourth-order valence-corrected chi connectivity index (χ4v) is 3.19. The summed E-state index contributed by atoms with van der Waals surface area (Å²) in [5, 5.41) is 8.60. The van der Waals surface area contributed by atoms with Gasteiger partial charge in [-0.1, -0.05) is 137 Å². The maximum atomic E-state index is 11.5. The van der Waals surface area contributed by atoms with Crippen molar-refractivity contribution in [2.24, 2.45) is 0 Å². The molecule has 0 rings (SSSR count). The summed E-state index contributed by atoms with van der Waals surface area (Å²) in [6.45, 7) is 14.5. The van der Waals surface area contributed by atoms with Gasteiger partial charge >= 0.3 is 11.9 Å². The molecule has 0 aromatic carbocycles. The third kappa shape index (κ3) is 24.8. The summed E-state index contributed by atoms with van der Waals surface area (Å²) in [5.74, 6) is -1.48. The standard InChI is InChI=1S/C38H50O4/c1-8-9-10-17-31(2)20-13-21-32(3)18-11-12-19-33(4)22-14-23-34(5)24-15-25-35(6)26-16-27-36(7)30-42-38(41)29-28-37(39)40/h8-15,17-25,27H,16,26,28-30H2,1-7H3,(H,39,40). The summed E-state index contributed by atoms with van der Waals surface area (Å²) in [6.07, 6.45) is 38.7. The van der Waals surface area contributed by atoms with E-state index in [2.05, 4.69) is 114 Å². The number of hydrogen-bond acceptors (Lipinski definition) is 3. The molecular formula is C38H50O4. The lowest BCUT2D eigenvalue weighted by molar-refractivity contribution is -0.147. The Balaban J connectivity index is 4.60. The van der Waals surface area contributed by atoms with E-state index >= 15 is 0 Å². The molecule has 1 N–H and O–H groups in total. The highest BCUT2D eigenvalue weighted by Gasteiger charge is 2.06. The summed E-state index contributed by atoms with van der Waals surface area (Å²) in [4.78, 5) is 22.0. The molecule has 0 aliphatic carbocycles. The van der Waals surface area contributed by atoms with Crippen LogP contribution in [0.2, 0.25) is 0 Å². The van der Waals surface area contributed by atoms with E-state index in [0.29, 0.717) is 0 Å². The maximum absolute atomic E-state index is 11.5. The number of carboxylic acid groups (broad SMARTS) is 1. The fourth-order valence-electron chi connectivity index (χ4n) is 3.19. The van der Waals surface area contributed by atoms with Crippen LogP contribution < -0.4 is 0 Å². The molecule has 0 spiro atoms. The van der Waals surface area contributed by atoms with E-state index in [0.717, 1.165) is 24.0 Å². The van der Waals surface area contributed by atoms with Crippen molar-refractivity contribution in [2.45, 2.75) is 74.1 Å². The number of rotatable bonds is 18. The van der Waals surface area contributed by atoms with E-state index in [1.54, 1.807) is 0 Å². The number of carbonyl (C=O) groups excluding carboxylic acids is 1. The molecule has 0 aliphatic heterocycles. The summed E-state index contributed by atoms with van der Waals surface area (Å²) >= 11 is 0. The Bertz CT molecular complexity index is 1220. The molecule has 226 valence electrons. The summed E-state index contributed by atoms with van der Waals surface area (Å²) in [5.41, 5.74) is 6.93. The minimum atomic E-state index is -1.000. The Hall–Kier alpha value is -4.18. The van der Waals surface area contributed by atoms with E-state index in [9.17, 15) is 9.59 Å². The van der Waals surface area contributed by atoms with Gasteiger partial charge in [-0.25, -0.2) is 0 Å². The lowest BCUT2D eigenvalue weighted by Crippen LogP contribution is -2.08. The SMILES string of the molecule is CC=CC=CC(C)=CC=CC(C)=CC=CC=C(C)C=CC=C(C)C=CC=C(C)CCC=C(C)COC(=O)CCC(=O)O. The van der Waals surface area contributed by atoms with Gasteiger partial charge in [-0.2, -0.15) is 0 Å². The fraction of sp³-hybridized carbons (Fsp3) is 0.316. The largest absolute Gasteiger partial charge is 0.481 e. The molecule has 4 nitrogen and oxygen atoms in total. The summed E-state index contributed by atoms with van der Waals surface area (Å²) in [6, 6.07) is 0. The average Bonchev–Trinajstić information content (AvgIpc) is 2.93. The van der Waals surface area contributed by atoms with Crippen LogP contribution in [0.5, 0.6) is 0 Å². The number of hydrogen-bond donors (Lipinski definition) is 1. The van der Waals surface area contributed by atoms with Crippen LogP contribution in [-0.2, 0) is 14.3 Å². The number of ether oxygens (including phenoxy) is 1. The van der Waals surface area contributed by atoms with Gasteiger partial charge < -0.3 is 9.84 Å². The average molecular weight is 571 g/mol. The zero-order valence-corrected chi connectivity index (χ0v) is 26.6. The zero-order valence-electron chi connectivity index (χ0n) is 26.6. The third-order valence-electron chi connectivity index (χ3n) is 5.70. The Morgan fingerprint density at radius 3 is 1.55 bits per heavy atom. The first-order chi connectivity index (χ1) is 20.0. The third-order valence-corrected chi connectivity index (χ3v) is 5.70. The summed E-state index contributed by atoms with van der Waals surface area (Å²) < 4.78 is 5.09. The van der Waals surface area contributed by atoms with E-state index in [1.807, 2.05) is 44.2 Å². The number of carbonyl (C=O) groups is 2. The van der Waals surface area contributed by atoms with Crippen LogP contribution in [0.1, 0.15) is 74.1 Å². The Kier molecular flexibility index (Phi) is 22.2.